The highest BCUT2D eigenvalue weighted by Crippen LogP contribution is 2.22. The number of rotatable bonds is 5. The third-order valence-electron chi connectivity index (χ3n) is 4.22. The number of aromatic amines is 1. The zero-order valence-electron chi connectivity index (χ0n) is 12.8. The summed E-state index contributed by atoms with van der Waals surface area (Å²) in [7, 11) is 0. The number of nitrogens with one attached hydrogen (secondary N) is 2. The molecular weight excluding hydrogens is 296 g/mol. The van der Waals surface area contributed by atoms with Crippen LogP contribution in [0.2, 0.25) is 0 Å². The van der Waals surface area contributed by atoms with E-state index in [0.29, 0.717) is 6.04 Å². The third kappa shape index (κ3) is 3.56. The van der Waals surface area contributed by atoms with Crippen LogP contribution in [0.25, 0.3) is 0 Å². The molecule has 3 heterocycles. The zero-order chi connectivity index (χ0) is 15.4. The van der Waals surface area contributed by atoms with Gasteiger partial charge in [0.05, 0.1) is 0 Å². The van der Waals surface area contributed by atoms with Crippen LogP contribution in [0.3, 0.4) is 0 Å². The molecule has 1 fully saturated rings. The molecule has 1 saturated heterocycles. The van der Waals surface area contributed by atoms with Gasteiger partial charge in [0.15, 0.2) is 0 Å². The molecule has 1 unspecified atom stereocenters. The summed E-state index contributed by atoms with van der Waals surface area (Å²) in [5, 5.41) is 12.4. The van der Waals surface area contributed by atoms with Gasteiger partial charge in [0.2, 0.25) is 0 Å². The largest absolute Gasteiger partial charge is 0.351 e. The molecule has 6 heteroatoms. The average Bonchev–Trinajstić information content (AvgIpc) is 2.94. The van der Waals surface area contributed by atoms with Crippen molar-refractivity contribution in [3.8, 4) is 0 Å². The lowest BCUT2D eigenvalue weighted by Gasteiger charge is -2.36. The van der Waals surface area contributed by atoms with Crippen molar-refractivity contribution >= 4 is 17.2 Å². The first-order valence-corrected chi connectivity index (χ1v) is 8.68. The Morgan fingerprint density at radius 3 is 3.05 bits per heavy atom. The Kier molecular flexibility index (Phi) is 4.90. The van der Waals surface area contributed by atoms with Gasteiger partial charge >= 0.3 is 0 Å². The highest BCUT2D eigenvalue weighted by molar-refractivity contribution is 7.10. The summed E-state index contributed by atoms with van der Waals surface area (Å²) in [6, 6.07) is 5.97. The van der Waals surface area contributed by atoms with Crippen molar-refractivity contribution in [3.63, 3.8) is 0 Å². The number of aromatic nitrogens is 2. The Hall–Kier alpha value is -1.66. The number of anilines is 1. The van der Waals surface area contributed by atoms with E-state index < -0.39 is 0 Å². The Labute approximate surface area is 134 Å². The van der Waals surface area contributed by atoms with Crippen molar-refractivity contribution < 1.29 is 0 Å². The van der Waals surface area contributed by atoms with Crippen molar-refractivity contribution in [1.82, 2.24) is 15.5 Å². The number of nitrogens with zero attached hydrogens (tertiary/aromatic N) is 2. The van der Waals surface area contributed by atoms with Gasteiger partial charge in [-0.3, -0.25) is 4.79 Å². The molecule has 1 atom stereocenters. The Morgan fingerprint density at radius 2 is 2.32 bits per heavy atom. The van der Waals surface area contributed by atoms with Crippen molar-refractivity contribution in [2.24, 2.45) is 0 Å². The van der Waals surface area contributed by atoms with Gasteiger partial charge in [-0.05, 0) is 49.3 Å². The predicted octanol–water partition coefficient (Wildman–Crippen LogP) is 2.29. The van der Waals surface area contributed by atoms with Gasteiger partial charge in [-0.1, -0.05) is 0 Å². The molecule has 0 aromatic carbocycles. The van der Waals surface area contributed by atoms with E-state index in [0.717, 1.165) is 31.9 Å². The predicted molar refractivity (Wildman–Crippen MR) is 90.6 cm³/mol. The minimum absolute atomic E-state index is 0.149. The van der Waals surface area contributed by atoms with Crippen molar-refractivity contribution in [2.45, 2.75) is 38.8 Å². The molecule has 0 aliphatic carbocycles. The van der Waals surface area contributed by atoms with Crippen molar-refractivity contribution in [2.75, 3.05) is 18.0 Å². The van der Waals surface area contributed by atoms with Crippen LogP contribution in [0, 0.1) is 6.92 Å². The van der Waals surface area contributed by atoms with Gasteiger partial charge in [0.25, 0.3) is 5.56 Å². The van der Waals surface area contributed by atoms with Gasteiger partial charge in [-0.25, -0.2) is 5.10 Å². The average molecular weight is 318 g/mol. The summed E-state index contributed by atoms with van der Waals surface area (Å²) < 4.78 is 0. The molecule has 1 aliphatic heterocycles. The molecule has 2 aromatic heterocycles. The second kappa shape index (κ2) is 7.07. The quantitative estimate of drug-likeness (QED) is 0.888. The molecule has 2 N–H and O–H groups in total. The van der Waals surface area contributed by atoms with E-state index in [9.17, 15) is 4.79 Å². The van der Waals surface area contributed by atoms with E-state index >= 15 is 0 Å². The molecule has 1 aliphatic rings. The molecule has 0 saturated carbocycles. The van der Waals surface area contributed by atoms with Gasteiger partial charge < -0.3 is 10.2 Å². The number of piperidine rings is 1. The molecule has 0 spiro atoms. The van der Waals surface area contributed by atoms with Crippen LogP contribution >= 0.6 is 11.3 Å². The topological polar surface area (TPSA) is 61.0 Å². The number of hydrogen-bond donors (Lipinski definition) is 2. The van der Waals surface area contributed by atoms with Crippen molar-refractivity contribution in [3.05, 3.63) is 44.4 Å². The van der Waals surface area contributed by atoms with Gasteiger partial charge in [-0.2, -0.15) is 5.10 Å². The summed E-state index contributed by atoms with van der Waals surface area (Å²) in [4.78, 5) is 14.9. The number of hydrogen-bond acceptors (Lipinski definition) is 5. The molecule has 2 aromatic rings. The maximum atomic E-state index is 11.2. The maximum Gasteiger partial charge on any atom is 0.264 e. The van der Waals surface area contributed by atoms with E-state index in [4.69, 9.17) is 0 Å². The monoisotopic (exact) mass is 318 g/mol. The second-order valence-electron chi connectivity index (χ2n) is 5.78. The fraction of sp³-hybridized carbons (Fsp3) is 0.500. The first-order valence-electron chi connectivity index (χ1n) is 7.80. The standard InChI is InChI=1S/C16H22N4OS/c1-12-7-9-22-14(12)11-17-10-13-4-2-3-8-20(13)15-5-6-16(21)19-18-15/h5-7,9,13,17H,2-4,8,10-11H2,1H3,(H,19,21). The first-order chi connectivity index (χ1) is 10.7. The van der Waals surface area contributed by atoms with Gasteiger partial charge in [0, 0.05) is 36.6 Å². The lowest BCUT2D eigenvalue weighted by molar-refractivity contribution is 0.431. The fourth-order valence-electron chi connectivity index (χ4n) is 2.95. The highest BCUT2D eigenvalue weighted by atomic mass is 32.1. The SMILES string of the molecule is Cc1ccsc1CNCC1CCCCN1c1ccc(=O)[nH]n1. The Balaban J connectivity index is 1.61. The fourth-order valence-corrected chi connectivity index (χ4v) is 3.82. The first kappa shape index (κ1) is 15.2. The number of thiophene rings is 1. The molecule has 0 amide bonds. The van der Waals surface area contributed by atoms with Crippen LogP contribution < -0.4 is 15.8 Å². The smallest absolute Gasteiger partial charge is 0.264 e. The summed E-state index contributed by atoms with van der Waals surface area (Å²) in [5.41, 5.74) is 1.21. The Morgan fingerprint density at radius 1 is 1.41 bits per heavy atom. The number of H-pyrrole nitrogens is 1. The van der Waals surface area contributed by atoms with E-state index in [1.807, 2.05) is 6.07 Å². The Bertz CT molecular complexity index is 646. The van der Waals surface area contributed by atoms with E-state index in [2.05, 4.69) is 38.8 Å². The highest BCUT2D eigenvalue weighted by Gasteiger charge is 2.23. The number of aryl methyl sites for hydroxylation is 1. The maximum absolute atomic E-state index is 11.2. The van der Waals surface area contributed by atoms with Crippen molar-refractivity contribution in [1.29, 1.82) is 0 Å². The van der Waals surface area contributed by atoms with Gasteiger partial charge in [0.1, 0.15) is 5.82 Å². The normalized spacial score (nSPS) is 18.6. The van der Waals surface area contributed by atoms with Crippen LogP contribution in [0.15, 0.2) is 28.4 Å². The van der Waals surface area contributed by atoms with E-state index in [1.54, 1.807) is 17.4 Å². The lowest BCUT2D eigenvalue weighted by atomic mass is 10.0. The summed E-state index contributed by atoms with van der Waals surface area (Å²) in [6.07, 6.45) is 3.60. The minimum atomic E-state index is -0.149. The second-order valence-corrected chi connectivity index (χ2v) is 6.78. The molecule has 22 heavy (non-hydrogen) atoms. The van der Waals surface area contributed by atoms with Crippen LogP contribution in [0.4, 0.5) is 5.82 Å². The summed E-state index contributed by atoms with van der Waals surface area (Å²) in [5.74, 6) is 0.874. The molecule has 118 valence electrons. The summed E-state index contributed by atoms with van der Waals surface area (Å²) >= 11 is 1.81. The molecule has 0 bridgehead atoms. The minimum Gasteiger partial charge on any atom is -0.351 e. The van der Waals surface area contributed by atoms with Gasteiger partial charge in [-0.15, -0.1) is 11.3 Å². The lowest BCUT2D eigenvalue weighted by Crippen LogP contribution is -2.46. The van der Waals surface area contributed by atoms with Crippen LogP contribution in [0.5, 0.6) is 0 Å². The zero-order valence-corrected chi connectivity index (χ0v) is 13.7. The van der Waals surface area contributed by atoms with E-state index in [1.165, 1.54) is 23.3 Å². The molecular formula is C16H22N4OS. The summed E-state index contributed by atoms with van der Waals surface area (Å²) in [6.45, 7) is 5.03. The molecule has 3 rings (SSSR count). The molecule has 0 radical (unpaired) electrons. The van der Waals surface area contributed by atoms with E-state index in [-0.39, 0.29) is 5.56 Å². The van der Waals surface area contributed by atoms with Crippen LogP contribution in [-0.2, 0) is 6.54 Å². The molecule has 5 nitrogen and oxygen atoms in total. The van der Waals surface area contributed by atoms with Crippen LogP contribution in [-0.4, -0.2) is 29.3 Å². The third-order valence-corrected chi connectivity index (χ3v) is 5.24. The van der Waals surface area contributed by atoms with Crippen LogP contribution in [0.1, 0.15) is 29.7 Å².